The molecule has 3 saturated heterocycles. The first kappa shape index (κ1) is 33.5. The van der Waals surface area contributed by atoms with Gasteiger partial charge in [-0.25, -0.2) is 0 Å². The number of piperidine rings is 1. The number of imide groups is 1. The zero-order valence-electron chi connectivity index (χ0n) is 28.6. The lowest BCUT2D eigenvalue weighted by molar-refractivity contribution is -0.144. The summed E-state index contributed by atoms with van der Waals surface area (Å²) in [6.45, 7) is 6.90. The van der Waals surface area contributed by atoms with E-state index in [0.717, 1.165) is 54.7 Å². The van der Waals surface area contributed by atoms with Gasteiger partial charge < -0.3 is 14.8 Å². The van der Waals surface area contributed by atoms with Crippen LogP contribution in [0.4, 0.5) is 0 Å². The van der Waals surface area contributed by atoms with E-state index >= 15 is 0 Å². The Morgan fingerprint density at radius 2 is 1.59 bits per heavy atom. The summed E-state index contributed by atoms with van der Waals surface area (Å²) in [5, 5.41) is 21.7. The minimum absolute atomic E-state index is 0.0248. The molecule has 2 N–H and O–H groups in total. The van der Waals surface area contributed by atoms with Crippen LogP contribution in [0.2, 0.25) is 6.32 Å². The third kappa shape index (κ3) is 6.92. The number of hydrogen-bond donors (Lipinski definition) is 2. The number of amides is 2. The predicted octanol–water partition coefficient (Wildman–Crippen LogP) is 6.83. The topological polar surface area (TPSA) is 90.3 Å². The molecule has 0 aromatic heterocycles. The van der Waals surface area contributed by atoms with E-state index < -0.39 is 13.0 Å². The maximum Gasteiger partial charge on any atom is 0.455 e. The van der Waals surface area contributed by atoms with Gasteiger partial charge in [0.1, 0.15) is 5.75 Å². The van der Waals surface area contributed by atoms with Crippen LogP contribution >= 0.6 is 0 Å². The second kappa shape index (κ2) is 14.5. The second-order valence-corrected chi connectivity index (χ2v) is 14.6. The summed E-state index contributed by atoms with van der Waals surface area (Å²) < 4.78 is 6.32. The van der Waals surface area contributed by atoms with E-state index in [1.165, 1.54) is 11.1 Å². The number of allylic oxidation sites excluding steroid dienone is 2. The van der Waals surface area contributed by atoms with Crippen molar-refractivity contribution in [3.05, 3.63) is 113 Å². The number of phenolic OH excluding ortho intramolecular Hbond substituents is 1. The fraction of sp³-hybridized carbons (Fsp3) is 0.415. The van der Waals surface area contributed by atoms with Crippen molar-refractivity contribution >= 4 is 30.6 Å². The maximum atomic E-state index is 14.4. The molecular weight excluding hydrogens is 611 g/mol. The molecule has 3 aromatic rings. The Balaban J connectivity index is 1.12. The third-order valence-corrected chi connectivity index (χ3v) is 11.2. The van der Waals surface area contributed by atoms with E-state index in [0.29, 0.717) is 25.6 Å². The molecule has 7 rings (SSSR count). The van der Waals surface area contributed by atoms with E-state index in [-0.39, 0.29) is 47.5 Å². The van der Waals surface area contributed by atoms with Crippen LogP contribution in [0, 0.1) is 23.7 Å². The smallest absolute Gasteiger partial charge is 0.455 e. The van der Waals surface area contributed by atoms with E-state index in [1.54, 1.807) is 11.0 Å². The quantitative estimate of drug-likeness (QED) is 0.113. The van der Waals surface area contributed by atoms with Crippen LogP contribution in [0.5, 0.6) is 5.75 Å². The molecule has 3 aliphatic heterocycles. The van der Waals surface area contributed by atoms with Gasteiger partial charge in [-0.2, -0.15) is 0 Å². The monoisotopic (exact) mass is 658 g/mol. The second-order valence-electron chi connectivity index (χ2n) is 14.6. The Morgan fingerprint density at radius 3 is 2.29 bits per heavy atom. The molecular formula is C41H47BN2O5. The van der Waals surface area contributed by atoms with Crippen LogP contribution < -0.4 is 0 Å². The van der Waals surface area contributed by atoms with Crippen molar-refractivity contribution in [3.63, 3.8) is 0 Å². The first-order chi connectivity index (χ1) is 23.8. The number of nitrogens with zero attached hydrogens (tertiary/aromatic N) is 2. The number of hydrogen-bond acceptors (Lipinski definition) is 6. The third-order valence-electron chi connectivity index (χ3n) is 11.2. The molecule has 2 amide bonds. The highest BCUT2D eigenvalue weighted by Crippen LogP contribution is 2.52. The van der Waals surface area contributed by atoms with Gasteiger partial charge in [0.25, 0.3) is 0 Å². The van der Waals surface area contributed by atoms with E-state index in [2.05, 4.69) is 55.1 Å². The molecule has 3 heterocycles. The van der Waals surface area contributed by atoms with Crippen molar-refractivity contribution in [2.75, 3.05) is 13.1 Å². The fourth-order valence-electron chi connectivity index (χ4n) is 8.85. The van der Waals surface area contributed by atoms with Gasteiger partial charge in [0.2, 0.25) is 11.8 Å². The van der Waals surface area contributed by atoms with Crippen LogP contribution in [0.15, 0.2) is 96.1 Å². The molecule has 3 fully saturated rings. The Morgan fingerprint density at radius 1 is 0.918 bits per heavy atom. The van der Waals surface area contributed by atoms with E-state index in [1.807, 2.05) is 48.5 Å². The molecule has 0 radical (unpaired) electrons. The number of carbonyl (C=O) groups is 2. The number of aromatic hydroxyl groups is 1. The number of rotatable bonds is 9. The van der Waals surface area contributed by atoms with Crippen LogP contribution in [0.3, 0.4) is 0 Å². The Labute approximate surface area is 290 Å². The molecule has 8 heteroatoms. The molecule has 4 atom stereocenters. The SMILES string of the molecule is CC(C)C1=C2[C@@H](CC/C(=C/c3ccccc3O)c3ccccc3)OB(O)C[C@@H]2[C@@H]2C(=O)N(C3CCN(Cc4ccccc4)CC3)C(=O)[C@@H]2C1. The number of fused-ring (bicyclic) bond motifs is 3. The fourth-order valence-corrected chi connectivity index (χ4v) is 8.85. The van der Waals surface area contributed by atoms with Gasteiger partial charge in [-0.15, -0.1) is 0 Å². The number of benzene rings is 3. The van der Waals surface area contributed by atoms with Crippen molar-refractivity contribution in [3.8, 4) is 5.75 Å². The highest BCUT2D eigenvalue weighted by atomic mass is 16.5. The van der Waals surface area contributed by atoms with Crippen molar-refractivity contribution in [2.45, 2.75) is 71.0 Å². The van der Waals surface area contributed by atoms with Gasteiger partial charge in [-0.05, 0) is 84.7 Å². The predicted molar refractivity (Wildman–Crippen MR) is 193 cm³/mol. The lowest BCUT2D eigenvalue weighted by atomic mass is 9.57. The first-order valence-electron chi connectivity index (χ1n) is 18.0. The average molecular weight is 659 g/mol. The van der Waals surface area contributed by atoms with Crippen molar-refractivity contribution < 1.29 is 24.4 Å². The Kier molecular flexibility index (Phi) is 9.90. The molecule has 0 bridgehead atoms. The molecule has 3 aromatic carbocycles. The summed E-state index contributed by atoms with van der Waals surface area (Å²) in [6.07, 6.45) is 5.36. The Bertz CT molecular complexity index is 1720. The van der Waals surface area contributed by atoms with Crippen LogP contribution in [0.25, 0.3) is 11.6 Å². The number of para-hydroxylation sites is 1. The normalized spacial score (nSPS) is 25.3. The van der Waals surface area contributed by atoms with Gasteiger partial charge in [-0.3, -0.25) is 19.4 Å². The van der Waals surface area contributed by atoms with Gasteiger partial charge in [0.05, 0.1) is 17.9 Å². The highest BCUT2D eigenvalue weighted by Gasteiger charge is 2.58. The summed E-state index contributed by atoms with van der Waals surface area (Å²) in [6, 6.07) is 27.8. The Hall–Kier alpha value is -3.98. The zero-order valence-corrected chi connectivity index (χ0v) is 28.6. The van der Waals surface area contributed by atoms with Crippen LogP contribution in [-0.2, 0) is 20.8 Å². The lowest BCUT2D eigenvalue weighted by Crippen LogP contribution is -2.48. The van der Waals surface area contributed by atoms with Crippen molar-refractivity contribution in [2.24, 2.45) is 23.7 Å². The van der Waals surface area contributed by atoms with Gasteiger partial charge in [0, 0.05) is 31.2 Å². The van der Waals surface area contributed by atoms with E-state index in [4.69, 9.17) is 4.65 Å². The average Bonchev–Trinajstić information content (AvgIpc) is 3.36. The number of likely N-dealkylation sites (tertiary alicyclic amines) is 2. The van der Waals surface area contributed by atoms with E-state index in [9.17, 15) is 19.7 Å². The molecule has 254 valence electrons. The minimum Gasteiger partial charge on any atom is -0.507 e. The first-order valence-corrected chi connectivity index (χ1v) is 18.0. The minimum atomic E-state index is -1.01. The molecule has 4 aliphatic rings. The summed E-state index contributed by atoms with van der Waals surface area (Å²) in [4.78, 5) is 32.6. The van der Waals surface area contributed by atoms with Crippen LogP contribution in [0.1, 0.15) is 62.6 Å². The largest absolute Gasteiger partial charge is 0.507 e. The molecule has 1 aliphatic carbocycles. The maximum absolute atomic E-state index is 14.4. The molecule has 0 unspecified atom stereocenters. The molecule has 0 spiro atoms. The molecule has 0 saturated carbocycles. The lowest BCUT2D eigenvalue weighted by Gasteiger charge is -2.44. The van der Waals surface area contributed by atoms with Crippen molar-refractivity contribution in [1.29, 1.82) is 0 Å². The molecule has 49 heavy (non-hydrogen) atoms. The van der Waals surface area contributed by atoms with Gasteiger partial charge in [-0.1, -0.05) is 98.3 Å². The van der Waals surface area contributed by atoms with Crippen LogP contribution in [-0.4, -0.2) is 64.1 Å². The molecule has 7 nitrogen and oxygen atoms in total. The summed E-state index contributed by atoms with van der Waals surface area (Å²) in [5.41, 5.74) is 6.46. The summed E-state index contributed by atoms with van der Waals surface area (Å²) in [5.74, 6) is -0.747. The highest BCUT2D eigenvalue weighted by molar-refractivity contribution is 6.43. The zero-order chi connectivity index (χ0) is 34.1. The van der Waals surface area contributed by atoms with Gasteiger partial charge in [0.15, 0.2) is 0 Å². The number of carbonyl (C=O) groups excluding carboxylic acids is 2. The van der Waals surface area contributed by atoms with Gasteiger partial charge >= 0.3 is 7.12 Å². The summed E-state index contributed by atoms with van der Waals surface area (Å²) in [7, 11) is -1.01. The summed E-state index contributed by atoms with van der Waals surface area (Å²) >= 11 is 0. The van der Waals surface area contributed by atoms with Crippen molar-refractivity contribution in [1.82, 2.24) is 9.80 Å². The number of phenols is 1. The standard InChI is InChI=1S/C41H47BN2O5/c1-27(2)33-24-34-39(41(47)44(40(34)46)32-19-21-43(22-20-32)26-28-11-5-3-6-12-28)35-25-42(48)49-37(38(33)35)18-17-30(29-13-7-4-8-14-29)23-31-15-9-10-16-36(31)45/h3-16,23,27,32,34-35,37,39,45,48H,17-22,24-26H2,1-2H3/b30-23-/t34-,35+,37-,39-/m1/s1.